The Balaban J connectivity index is 2.00. The molecule has 25 heavy (non-hydrogen) atoms. The number of imide groups is 1. The van der Waals surface area contributed by atoms with E-state index in [0.29, 0.717) is 16.3 Å². The van der Waals surface area contributed by atoms with Crippen LogP contribution in [-0.4, -0.2) is 21.8 Å². The summed E-state index contributed by atoms with van der Waals surface area (Å²) in [5, 5.41) is 21.4. The number of aromatic hydroxyl groups is 1. The monoisotopic (exact) mass is 334 g/mol. The highest BCUT2D eigenvalue weighted by molar-refractivity contribution is 6.36. The molecular formula is C18H10N2O5. The van der Waals surface area contributed by atoms with E-state index in [9.17, 15) is 24.8 Å². The maximum absolute atomic E-state index is 12.9. The first-order valence-corrected chi connectivity index (χ1v) is 7.36. The van der Waals surface area contributed by atoms with Crippen LogP contribution in [0.2, 0.25) is 0 Å². The summed E-state index contributed by atoms with van der Waals surface area (Å²) in [5.41, 5.74) is 0.470. The van der Waals surface area contributed by atoms with Crippen LogP contribution in [0.25, 0.3) is 10.8 Å². The summed E-state index contributed by atoms with van der Waals surface area (Å²) in [6.45, 7) is 0. The van der Waals surface area contributed by atoms with Crippen molar-refractivity contribution in [2.24, 2.45) is 0 Å². The Bertz CT molecular complexity index is 1070. The highest BCUT2D eigenvalue weighted by Gasteiger charge is 2.35. The van der Waals surface area contributed by atoms with E-state index >= 15 is 0 Å². The summed E-state index contributed by atoms with van der Waals surface area (Å²) in [4.78, 5) is 37.3. The molecule has 7 nitrogen and oxygen atoms in total. The van der Waals surface area contributed by atoms with Gasteiger partial charge in [0.15, 0.2) is 0 Å². The zero-order valence-electron chi connectivity index (χ0n) is 12.7. The molecule has 0 radical (unpaired) electrons. The second-order valence-electron chi connectivity index (χ2n) is 5.62. The molecule has 3 aromatic rings. The molecule has 3 aromatic carbocycles. The van der Waals surface area contributed by atoms with Gasteiger partial charge in [0, 0.05) is 23.1 Å². The molecular weight excluding hydrogens is 324 g/mol. The van der Waals surface area contributed by atoms with Crippen molar-refractivity contribution in [3.8, 4) is 5.75 Å². The number of hydrogen-bond donors (Lipinski definition) is 1. The van der Waals surface area contributed by atoms with Crippen LogP contribution >= 0.6 is 0 Å². The maximum Gasteiger partial charge on any atom is 0.270 e. The average Bonchev–Trinajstić information content (AvgIpc) is 2.60. The van der Waals surface area contributed by atoms with Crippen LogP contribution in [-0.2, 0) is 0 Å². The molecule has 0 spiro atoms. The highest BCUT2D eigenvalue weighted by Crippen LogP contribution is 2.35. The van der Waals surface area contributed by atoms with Crippen molar-refractivity contribution in [3.63, 3.8) is 0 Å². The number of phenols is 1. The standard InChI is InChI=1S/C18H10N2O5/c21-13-6-4-11(5-7-13)19-17(22)14-3-1-2-10-8-12(20(24)25)9-15(16(10)14)18(19)23/h1-9,21H. The van der Waals surface area contributed by atoms with Gasteiger partial charge in [-0.3, -0.25) is 19.7 Å². The fourth-order valence-corrected chi connectivity index (χ4v) is 3.03. The number of anilines is 1. The Hall–Kier alpha value is -3.74. The third-order valence-electron chi connectivity index (χ3n) is 4.15. The Kier molecular flexibility index (Phi) is 3.04. The van der Waals surface area contributed by atoms with Gasteiger partial charge in [-0.25, -0.2) is 4.90 Å². The molecule has 1 heterocycles. The Morgan fingerprint density at radius 1 is 0.920 bits per heavy atom. The van der Waals surface area contributed by atoms with Gasteiger partial charge in [-0.05, 0) is 35.7 Å². The summed E-state index contributed by atoms with van der Waals surface area (Å²) in [7, 11) is 0. The third-order valence-corrected chi connectivity index (χ3v) is 4.15. The van der Waals surface area contributed by atoms with Gasteiger partial charge in [0.1, 0.15) is 5.75 Å². The molecule has 0 saturated carbocycles. The first kappa shape index (κ1) is 14.8. The lowest BCUT2D eigenvalue weighted by Crippen LogP contribution is -2.40. The number of nitro benzene ring substituents is 1. The lowest BCUT2D eigenvalue weighted by molar-refractivity contribution is -0.384. The fraction of sp³-hybridized carbons (Fsp3) is 0. The maximum atomic E-state index is 12.9. The van der Waals surface area contributed by atoms with Crippen LogP contribution < -0.4 is 4.90 Å². The van der Waals surface area contributed by atoms with Gasteiger partial charge in [0.2, 0.25) is 0 Å². The van der Waals surface area contributed by atoms with E-state index in [1.165, 1.54) is 36.4 Å². The molecule has 122 valence electrons. The smallest absolute Gasteiger partial charge is 0.270 e. The number of amides is 2. The minimum Gasteiger partial charge on any atom is -0.508 e. The van der Waals surface area contributed by atoms with E-state index in [1.54, 1.807) is 18.2 Å². The van der Waals surface area contributed by atoms with Crippen molar-refractivity contribution in [2.75, 3.05) is 4.90 Å². The van der Waals surface area contributed by atoms with Crippen LogP contribution in [0.5, 0.6) is 5.75 Å². The minimum atomic E-state index is -0.636. The Morgan fingerprint density at radius 2 is 1.60 bits per heavy atom. The van der Waals surface area contributed by atoms with Crippen molar-refractivity contribution in [3.05, 3.63) is 75.8 Å². The lowest BCUT2D eigenvalue weighted by atomic mass is 9.93. The quantitative estimate of drug-likeness (QED) is 0.440. The van der Waals surface area contributed by atoms with Crippen LogP contribution in [0.3, 0.4) is 0 Å². The number of carbonyl (C=O) groups is 2. The second-order valence-corrected chi connectivity index (χ2v) is 5.62. The van der Waals surface area contributed by atoms with E-state index in [1.807, 2.05) is 0 Å². The minimum absolute atomic E-state index is 0.00111. The number of benzene rings is 3. The van der Waals surface area contributed by atoms with Gasteiger partial charge in [0.05, 0.1) is 16.2 Å². The number of nitrogens with zero attached hydrogens (tertiary/aromatic N) is 2. The van der Waals surface area contributed by atoms with Gasteiger partial charge in [0.25, 0.3) is 17.5 Å². The van der Waals surface area contributed by atoms with Crippen molar-refractivity contribution >= 4 is 34.0 Å². The second kappa shape index (κ2) is 5.13. The van der Waals surface area contributed by atoms with Crippen molar-refractivity contribution in [2.45, 2.75) is 0 Å². The predicted molar refractivity (Wildman–Crippen MR) is 89.8 cm³/mol. The summed E-state index contributed by atoms with van der Waals surface area (Å²) in [6, 6.07) is 13.0. The van der Waals surface area contributed by atoms with Crippen LogP contribution in [0, 0.1) is 10.1 Å². The normalized spacial score (nSPS) is 13.4. The van der Waals surface area contributed by atoms with E-state index in [0.717, 1.165) is 4.90 Å². The molecule has 0 aliphatic carbocycles. The summed E-state index contributed by atoms with van der Waals surface area (Å²) < 4.78 is 0. The van der Waals surface area contributed by atoms with Gasteiger partial charge in [-0.1, -0.05) is 12.1 Å². The third kappa shape index (κ3) is 2.13. The summed E-state index contributed by atoms with van der Waals surface area (Å²) in [5.74, 6) is -1.15. The highest BCUT2D eigenvalue weighted by atomic mass is 16.6. The molecule has 2 amide bonds. The molecule has 1 aliphatic heterocycles. The largest absolute Gasteiger partial charge is 0.508 e. The van der Waals surface area contributed by atoms with Crippen molar-refractivity contribution in [1.82, 2.24) is 0 Å². The van der Waals surface area contributed by atoms with E-state index in [-0.39, 0.29) is 22.7 Å². The molecule has 1 aliphatic rings. The number of hydrogen-bond acceptors (Lipinski definition) is 5. The first-order valence-electron chi connectivity index (χ1n) is 7.36. The Morgan fingerprint density at radius 3 is 2.28 bits per heavy atom. The van der Waals surface area contributed by atoms with Crippen LogP contribution in [0.1, 0.15) is 20.7 Å². The fourth-order valence-electron chi connectivity index (χ4n) is 3.03. The SMILES string of the molecule is O=C1c2cccc3cc([N+](=O)[O-])cc(c23)C(=O)N1c1ccc(O)cc1. The van der Waals surface area contributed by atoms with Gasteiger partial charge >= 0.3 is 0 Å². The number of non-ortho nitro benzene ring substituents is 1. The van der Waals surface area contributed by atoms with Crippen LogP contribution in [0.4, 0.5) is 11.4 Å². The topological polar surface area (TPSA) is 101 Å². The molecule has 7 heteroatoms. The zero-order chi connectivity index (χ0) is 17.7. The van der Waals surface area contributed by atoms with Crippen molar-refractivity contribution in [1.29, 1.82) is 0 Å². The number of rotatable bonds is 2. The molecule has 0 fully saturated rings. The van der Waals surface area contributed by atoms with Gasteiger partial charge in [-0.2, -0.15) is 0 Å². The summed E-state index contributed by atoms with van der Waals surface area (Å²) in [6.07, 6.45) is 0. The van der Waals surface area contributed by atoms with E-state index < -0.39 is 16.7 Å². The summed E-state index contributed by atoms with van der Waals surface area (Å²) >= 11 is 0. The molecule has 1 N–H and O–H groups in total. The molecule has 0 unspecified atom stereocenters. The average molecular weight is 334 g/mol. The first-order chi connectivity index (χ1) is 12.0. The van der Waals surface area contributed by atoms with E-state index in [2.05, 4.69) is 0 Å². The number of phenolic OH excluding ortho intramolecular Hbond substituents is 1. The van der Waals surface area contributed by atoms with Crippen molar-refractivity contribution < 1.29 is 19.6 Å². The number of nitro groups is 1. The van der Waals surface area contributed by atoms with Gasteiger partial charge < -0.3 is 5.11 Å². The Labute approximate surface area is 140 Å². The number of carbonyl (C=O) groups excluding carboxylic acids is 2. The van der Waals surface area contributed by atoms with Crippen LogP contribution in [0.15, 0.2) is 54.6 Å². The molecule has 0 saturated heterocycles. The molecule has 0 aromatic heterocycles. The molecule has 0 atom stereocenters. The van der Waals surface area contributed by atoms with Gasteiger partial charge in [-0.15, -0.1) is 0 Å². The zero-order valence-corrected chi connectivity index (χ0v) is 12.7. The van der Waals surface area contributed by atoms with E-state index in [4.69, 9.17) is 0 Å². The lowest BCUT2D eigenvalue weighted by Gasteiger charge is -2.27. The molecule has 0 bridgehead atoms. The predicted octanol–water partition coefficient (Wildman–Crippen LogP) is 3.25. The molecule has 4 rings (SSSR count).